The van der Waals surface area contributed by atoms with E-state index in [0.717, 1.165) is 12.4 Å². The molecule has 1 aliphatic heterocycles. The van der Waals surface area contributed by atoms with Crippen molar-refractivity contribution in [3.8, 4) is 0 Å². The van der Waals surface area contributed by atoms with Crippen LogP contribution in [0.4, 0.5) is 11.6 Å². The standard InChI is InChI=1S/C12H22N6/c1-9(8-18-5-3-4-6-18)14-11-7-12(17-13)16-10(2)15-11/h7,9H,3-6,8,13H2,1-2H3,(H2,14,15,16,17). The quantitative estimate of drug-likeness (QED) is 0.534. The number of likely N-dealkylation sites (tertiary alicyclic amines) is 1. The number of hydrazine groups is 1. The van der Waals surface area contributed by atoms with Crippen LogP contribution in [0.2, 0.25) is 0 Å². The van der Waals surface area contributed by atoms with Crippen LogP contribution in [0.1, 0.15) is 25.6 Å². The summed E-state index contributed by atoms with van der Waals surface area (Å²) in [5.41, 5.74) is 2.55. The van der Waals surface area contributed by atoms with Gasteiger partial charge < -0.3 is 15.6 Å². The Balaban J connectivity index is 1.93. The highest BCUT2D eigenvalue weighted by Gasteiger charge is 2.14. The predicted octanol–water partition coefficient (Wildman–Crippen LogP) is 0.967. The molecule has 4 N–H and O–H groups in total. The van der Waals surface area contributed by atoms with E-state index in [0.29, 0.717) is 17.7 Å². The summed E-state index contributed by atoms with van der Waals surface area (Å²) in [4.78, 5) is 11.0. The molecule has 1 unspecified atom stereocenters. The summed E-state index contributed by atoms with van der Waals surface area (Å²) in [6.45, 7) is 7.51. The second-order valence-electron chi connectivity index (χ2n) is 4.88. The molecule has 1 aromatic heterocycles. The van der Waals surface area contributed by atoms with E-state index in [1.165, 1.54) is 25.9 Å². The van der Waals surface area contributed by atoms with Gasteiger partial charge >= 0.3 is 0 Å². The fourth-order valence-corrected chi connectivity index (χ4v) is 2.37. The summed E-state index contributed by atoms with van der Waals surface area (Å²) < 4.78 is 0. The van der Waals surface area contributed by atoms with Gasteiger partial charge in [-0.2, -0.15) is 0 Å². The molecule has 18 heavy (non-hydrogen) atoms. The molecule has 0 aromatic carbocycles. The highest BCUT2D eigenvalue weighted by molar-refractivity contribution is 5.47. The van der Waals surface area contributed by atoms with Gasteiger partial charge in [-0.15, -0.1) is 0 Å². The number of aromatic nitrogens is 2. The van der Waals surface area contributed by atoms with Gasteiger partial charge in [0, 0.05) is 18.7 Å². The molecule has 2 rings (SSSR count). The first kappa shape index (κ1) is 13.0. The van der Waals surface area contributed by atoms with Crippen molar-refractivity contribution < 1.29 is 0 Å². The fourth-order valence-electron chi connectivity index (χ4n) is 2.37. The molecule has 0 spiro atoms. The van der Waals surface area contributed by atoms with Crippen LogP contribution < -0.4 is 16.6 Å². The zero-order valence-electron chi connectivity index (χ0n) is 11.1. The Morgan fingerprint density at radius 2 is 2.00 bits per heavy atom. The summed E-state index contributed by atoms with van der Waals surface area (Å²) >= 11 is 0. The average Bonchev–Trinajstić information content (AvgIpc) is 2.80. The highest BCUT2D eigenvalue weighted by Crippen LogP contribution is 2.13. The van der Waals surface area contributed by atoms with Crippen molar-refractivity contribution in [1.82, 2.24) is 14.9 Å². The van der Waals surface area contributed by atoms with E-state index < -0.39 is 0 Å². The molecule has 0 radical (unpaired) electrons. The summed E-state index contributed by atoms with van der Waals surface area (Å²) in [5, 5.41) is 3.40. The third kappa shape index (κ3) is 3.54. The lowest BCUT2D eigenvalue weighted by atomic mass is 10.3. The monoisotopic (exact) mass is 250 g/mol. The molecular formula is C12H22N6. The van der Waals surface area contributed by atoms with Gasteiger partial charge in [-0.05, 0) is 39.8 Å². The molecule has 1 fully saturated rings. The Morgan fingerprint density at radius 3 is 2.67 bits per heavy atom. The zero-order chi connectivity index (χ0) is 13.0. The van der Waals surface area contributed by atoms with Gasteiger partial charge in [-0.25, -0.2) is 15.8 Å². The number of nitrogen functional groups attached to an aromatic ring is 1. The Bertz CT molecular complexity index is 388. The number of rotatable bonds is 5. The zero-order valence-corrected chi connectivity index (χ0v) is 11.1. The van der Waals surface area contributed by atoms with E-state index in [1.54, 1.807) is 0 Å². The molecule has 0 amide bonds. The van der Waals surface area contributed by atoms with E-state index >= 15 is 0 Å². The maximum absolute atomic E-state index is 5.37. The van der Waals surface area contributed by atoms with Crippen LogP contribution in [-0.4, -0.2) is 40.5 Å². The smallest absolute Gasteiger partial charge is 0.145 e. The van der Waals surface area contributed by atoms with Crippen LogP contribution in [0.25, 0.3) is 0 Å². The molecule has 1 aliphatic rings. The van der Waals surface area contributed by atoms with Crippen LogP contribution in [0, 0.1) is 6.92 Å². The van der Waals surface area contributed by atoms with Crippen molar-refractivity contribution in [1.29, 1.82) is 0 Å². The van der Waals surface area contributed by atoms with Crippen molar-refractivity contribution in [2.24, 2.45) is 5.84 Å². The summed E-state index contributed by atoms with van der Waals surface area (Å²) in [7, 11) is 0. The number of nitrogens with one attached hydrogen (secondary N) is 2. The molecule has 1 saturated heterocycles. The minimum absolute atomic E-state index is 0.364. The molecule has 6 heteroatoms. The molecule has 100 valence electrons. The van der Waals surface area contributed by atoms with Gasteiger partial charge in [0.1, 0.15) is 17.5 Å². The lowest BCUT2D eigenvalue weighted by molar-refractivity contribution is 0.327. The molecule has 0 bridgehead atoms. The maximum Gasteiger partial charge on any atom is 0.145 e. The lowest BCUT2D eigenvalue weighted by Crippen LogP contribution is -2.33. The molecule has 6 nitrogen and oxygen atoms in total. The van der Waals surface area contributed by atoms with E-state index in [1.807, 2.05) is 13.0 Å². The van der Waals surface area contributed by atoms with Crippen LogP contribution in [0.3, 0.4) is 0 Å². The molecule has 1 aromatic rings. The normalized spacial score (nSPS) is 17.7. The minimum Gasteiger partial charge on any atom is -0.366 e. The van der Waals surface area contributed by atoms with Gasteiger partial charge in [0.25, 0.3) is 0 Å². The maximum atomic E-state index is 5.37. The van der Waals surface area contributed by atoms with Crippen LogP contribution in [0.15, 0.2) is 6.07 Å². The Kier molecular flexibility index (Phi) is 4.33. The van der Waals surface area contributed by atoms with Crippen molar-refractivity contribution >= 4 is 11.6 Å². The Hall–Kier alpha value is -1.40. The topological polar surface area (TPSA) is 79.1 Å². The fraction of sp³-hybridized carbons (Fsp3) is 0.667. The summed E-state index contributed by atoms with van der Waals surface area (Å²) in [6, 6.07) is 2.19. The van der Waals surface area contributed by atoms with Gasteiger partial charge in [-0.3, -0.25) is 0 Å². The van der Waals surface area contributed by atoms with Gasteiger partial charge in [-0.1, -0.05) is 0 Å². The van der Waals surface area contributed by atoms with Crippen molar-refractivity contribution in [3.63, 3.8) is 0 Å². The predicted molar refractivity (Wildman–Crippen MR) is 73.3 cm³/mol. The third-order valence-electron chi connectivity index (χ3n) is 3.11. The minimum atomic E-state index is 0.364. The van der Waals surface area contributed by atoms with Gasteiger partial charge in [0.2, 0.25) is 0 Å². The first-order chi connectivity index (χ1) is 8.67. The lowest BCUT2D eigenvalue weighted by Gasteiger charge is -2.21. The number of hydrogen-bond acceptors (Lipinski definition) is 6. The SMILES string of the molecule is Cc1nc(NN)cc(NC(C)CN2CCCC2)n1. The number of nitrogens with zero attached hydrogens (tertiary/aromatic N) is 3. The van der Waals surface area contributed by atoms with Gasteiger partial charge in [0.05, 0.1) is 0 Å². The van der Waals surface area contributed by atoms with Crippen LogP contribution >= 0.6 is 0 Å². The third-order valence-corrected chi connectivity index (χ3v) is 3.11. The largest absolute Gasteiger partial charge is 0.366 e. The molecule has 0 aliphatic carbocycles. The van der Waals surface area contributed by atoms with Crippen molar-refractivity contribution in [2.45, 2.75) is 32.7 Å². The number of hydrogen-bond donors (Lipinski definition) is 3. The van der Waals surface area contributed by atoms with Crippen molar-refractivity contribution in [2.75, 3.05) is 30.4 Å². The molecule has 1 atom stereocenters. The molecule has 0 saturated carbocycles. The number of aryl methyl sites for hydroxylation is 1. The summed E-state index contributed by atoms with van der Waals surface area (Å²) in [6.07, 6.45) is 2.64. The van der Waals surface area contributed by atoms with E-state index in [4.69, 9.17) is 5.84 Å². The number of anilines is 2. The van der Waals surface area contributed by atoms with E-state index in [9.17, 15) is 0 Å². The van der Waals surface area contributed by atoms with Crippen LogP contribution in [0.5, 0.6) is 0 Å². The number of nitrogens with two attached hydrogens (primary N) is 1. The van der Waals surface area contributed by atoms with Crippen LogP contribution in [-0.2, 0) is 0 Å². The van der Waals surface area contributed by atoms with E-state index in [-0.39, 0.29) is 0 Å². The Labute approximate surface area is 108 Å². The second-order valence-corrected chi connectivity index (χ2v) is 4.88. The second kappa shape index (κ2) is 5.97. The first-order valence-electron chi connectivity index (χ1n) is 6.48. The molecular weight excluding hydrogens is 228 g/mol. The van der Waals surface area contributed by atoms with Crippen molar-refractivity contribution in [3.05, 3.63) is 11.9 Å². The molecule has 2 heterocycles. The first-order valence-corrected chi connectivity index (χ1v) is 6.48. The van der Waals surface area contributed by atoms with E-state index in [2.05, 4.69) is 32.5 Å². The summed E-state index contributed by atoms with van der Waals surface area (Å²) in [5.74, 6) is 7.54. The Morgan fingerprint density at radius 1 is 1.33 bits per heavy atom. The van der Waals surface area contributed by atoms with Gasteiger partial charge in [0.15, 0.2) is 0 Å². The average molecular weight is 250 g/mol. The highest BCUT2D eigenvalue weighted by atomic mass is 15.3.